The average molecular weight is 104 g/mol. The van der Waals surface area contributed by atoms with Crippen molar-refractivity contribution in [1.82, 2.24) is 0 Å². The second-order valence-electron chi connectivity index (χ2n) is 1.07. The quantitative estimate of drug-likeness (QED) is 0.324. The van der Waals surface area contributed by atoms with Crippen molar-refractivity contribution in [3.63, 3.8) is 0 Å². The van der Waals surface area contributed by atoms with Crippen molar-refractivity contribution in [1.29, 1.82) is 0 Å². The minimum Gasteiger partial charge on any atom is -0.591 e. The Labute approximate surface area is 39.4 Å². The number of rotatable bonds is 0. The molecule has 2 atom stereocenters. The molecule has 5 heteroatoms. The summed E-state index contributed by atoms with van der Waals surface area (Å²) in [7, 11) is 0. The number of hydrogen-bond acceptors (Lipinski definition) is 3. The van der Waals surface area contributed by atoms with Gasteiger partial charge in [0.15, 0.2) is 12.4 Å². The van der Waals surface area contributed by atoms with E-state index in [1.807, 2.05) is 0 Å². The van der Waals surface area contributed by atoms with Crippen LogP contribution in [-0.2, 0) is 4.94 Å². The second kappa shape index (κ2) is 1.57. The highest BCUT2D eigenvalue weighted by Crippen LogP contribution is 1.52. The third-order valence-electron chi connectivity index (χ3n) is 0.557. The molecule has 1 aliphatic rings. The zero-order chi connectivity index (χ0) is 5.28. The fourth-order valence-electron chi connectivity index (χ4n) is 0.303. The van der Waals surface area contributed by atoms with E-state index < -0.39 is 10.5 Å². The summed E-state index contributed by atoms with van der Waals surface area (Å²) < 4.78 is 0. The molecule has 0 spiro atoms. The topological polar surface area (TPSA) is 64.2 Å². The van der Waals surface area contributed by atoms with E-state index >= 15 is 0 Å². The smallest absolute Gasteiger partial charge is 0.189 e. The van der Waals surface area contributed by atoms with Crippen molar-refractivity contribution >= 4 is 0 Å². The molecule has 1 aliphatic heterocycles. The lowest BCUT2D eigenvalue weighted by Crippen LogP contribution is -3.16. The summed E-state index contributed by atoms with van der Waals surface area (Å²) >= 11 is 0. The molecule has 40 valence electrons. The Balaban J connectivity index is 2.42. The van der Waals surface area contributed by atoms with E-state index in [4.69, 9.17) is 0 Å². The summed E-state index contributed by atoms with van der Waals surface area (Å²) in [5, 5.41) is 18.7. The molecule has 0 aliphatic carbocycles. The summed E-state index contributed by atoms with van der Waals surface area (Å²) in [6.07, 6.45) is 2.17. The van der Waals surface area contributed by atoms with Gasteiger partial charge in [-0.15, -0.1) is 10.5 Å². The van der Waals surface area contributed by atoms with Crippen LogP contribution in [-0.4, -0.2) is 0 Å². The maximum Gasteiger partial charge on any atom is 0.189 e. The van der Waals surface area contributed by atoms with Gasteiger partial charge in [0.1, 0.15) is 0 Å². The molecule has 2 unspecified atom stereocenters. The minimum absolute atomic E-state index is 0.579. The molecule has 0 aromatic heterocycles. The van der Waals surface area contributed by atoms with E-state index in [1.54, 1.807) is 0 Å². The number of nitrogens with one attached hydrogen (secondary N) is 2. The fourth-order valence-corrected chi connectivity index (χ4v) is 0.303. The number of hydroxylamine groups is 4. The van der Waals surface area contributed by atoms with Crippen molar-refractivity contribution in [2.75, 3.05) is 0 Å². The van der Waals surface area contributed by atoms with E-state index in [0.717, 1.165) is 12.4 Å². The highest BCUT2D eigenvalue weighted by molar-refractivity contribution is 4.54. The number of hydrogen-bond donors (Lipinski definition) is 2. The Bertz CT molecular complexity index is 82.9. The summed E-state index contributed by atoms with van der Waals surface area (Å²) in [4.78, 5) is 3.97. The van der Waals surface area contributed by atoms with Gasteiger partial charge >= 0.3 is 0 Å². The van der Waals surface area contributed by atoms with Gasteiger partial charge in [-0.25, -0.2) is 0 Å². The summed E-state index contributed by atoms with van der Waals surface area (Å²) in [6, 6.07) is 0. The fraction of sp³-hybridized carbons (Fsp3) is 0. The van der Waals surface area contributed by atoms with Crippen LogP contribution in [0.15, 0.2) is 12.4 Å². The molecule has 0 bridgehead atoms. The normalized spacial score (nSPS) is 39.7. The third-order valence-corrected chi connectivity index (χ3v) is 0.557. The molecule has 0 amide bonds. The molecule has 0 saturated heterocycles. The lowest BCUT2D eigenvalue weighted by molar-refractivity contribution is -1.25. The maximum atomic E-state index is 9.92. The van der Waals surface area contributed by atoms with Gasteiger partial charge in [0, 0.05) is 4.94 Å². The van der Waals surface area contributed by atoms with Crippen LogP contribution < -0.4 is 10.5 Å². The van der Waals surface area contributed by atoms with Gasteiger partial charge in [-0.2, -0.15) is 0 Å². The summed E-state index contributed by atoms with van der Waals surface area (Å²) in [5.74, 6) is 0. The van der Waals surface area contributed by atoms with Crippen molar-refractivity contribution in [2.24, 2.45) is 0 Å². The standard InChI is InChI=1S/C2H4N2O3/c5-3-1-2-4(6)7-3/h1-4H. The summed E-state index contributed by atoms with van der Waals surface area (Å²) in [5.41, 5.74) is 0. The molecule has 0 radical (unpaired) electrons. The van der Waals surface area contributed by atoms with Crippen molar-refractivity contribution < 1.29 is 15.4 Å². The molecule has 0 fully saturated rings. The van der Waals surface area contributed by atoms with Gasteiger partial charge in [-0.1, -0.05) is 0 Å². The van der Waals surface area contributed by atoms with E-state index in [9.17, 15) is 10.4 Å². The molecular formula is C2H4N2O3. The first-order chi connectivity index (χ1) is 3.29. The largest absolute Gasteiger partial charge is 0.591 e. The van der Waals surface area contributed by atoms with Gasteiger partial charge in [0.05, 0.1) is 0 Å². The van der Waals surface area contributed by atoms with Crippen LogP contribution in [0, 0.1) is 10.4 Å². The van der Waals surface area contributed by atoms with E-state index in [-0.39, 0.29) is 0 Å². The molecule has 7 heavy (non-hydrogen) atoms. The van der Waals surface area contributed by atoms with E-state index in [2.05, 4.69) is 4.94 Å². The molecule has 1 rings (SSSR count). The van der Waals surface area contributed by atoms with Crippen molar-refractivity contribution in [3.8, 4) is 0 Å². The lowest BCUT2D eigenvalue weighted by Gasteiger charge is -2.09. The molecule has 1 heterocycles. The molecule has 5 nitrogen and oxygen atoms in total. The van der Waals surface area contributed by atoms with Crippen molar-refractivity contribution in [3.05, 3.63) is 22.8 Å². The SMILES string of the molecule is [O-][NH+]1C=C[NH+]([O-])O1. The minimum atomic E-state index is -0.579. The molecule has 0 aromatic rings. The predicted octanol–water partition coefficient (Wildman–Crippen LogP) is -2.92. The van der Waals surface area contributed by atoms with Crippen LogP contribution in [0.1, 0.15) is 0 Å². The Hall–Kier alpha value is -0.460. The van der Waals surface area contributed by atoms with Crippen LogP contribution in [0.3, 0.4) is 0 Å². The Morgan fingerprint density at radius 1 is 1.14 bits per heavy atom. The van der Waals surface area contributed by atoms with Crippen LogP contribution in [0.5, 0.6) is 0 Å². The van der Waals surface area contributed by atoms with Crippen LogP contribution >= 0.6 is 0 Å². The zero-order valence-corrected chi connectivity index (χ0v) is 3.38. The maximum absolute atomic E-state index is 9.92. The van der Waals surface area contributed by atoms with Gasteiger partial charge < -0.3 is 10.4 Å². The Kier molecular flexibility index (Phi) is 1.05. The zero-order valence-electron chi connectivity index (χ0n) is 3.38. The Morgan fingerprint density at radius 3 is 1.71 bits per heavy atom. The highest BCUT2D eigenvalue weighted by atomic mass is 17.1. The van der Waals surface area contributed by atoms with Gasteiger partial charge in [0.25, 0.3) is 0 Å². The molecule has 0 aromatic carbocycles. The molecular weight excluding hydrogens is 100 g/mol. The van der Waals surface area contributed by atoms with E-state index in [1.165, 1.54) is 0 Å². The van der Waals surface area contributed by atoms with Gasteiger partial charge in [0.2, 0.25) is 0 Å². The molecule has 0 saturated carbocycles. The van der Waals surface area contributed by atoms with Crippen LogP contribution in [0.2, 0.25) is 0 Å². The Morgan fingerprint density at radius 2 is 1.57 bits per heavy atom. The summed E-state index contributed by atoms with van der Waals surface area (Å²) in [6.45, 7) is 0. The lowest BCUT2D eigenvalue weighted by atomic mass is 11.0. The average Bonchev–Trinajstić information content (AvgIpc) is 1.87. The van der Waals surface area contributed by atoms with E-state index in [0.29, 0.717) is 0 Å². The van der Waals surface area contributed by atoms with Crippen LogP contribution in [0.4, 0.5) is 0 Å². The van der Waals surface area contributed by atoms with Crippen LogP contribution in [0.25, 0.3) is 0 Å². The number of quaternary nitrogens is 2. The second-order valence-corrected chi connectivity index (χ2v) is 1.07. The highest BCUT2D eigenvalue weighted by Gasteiger charge is 2.07. The predicted molar refractivity (Wildman–Crippen MR) is 18.9 cm³/mol. The van der Waals surface area contributed by atoms with Crippen molar-refractivity contribution in [2.45, 2.75) is 0 Å². The van der Waals surface area contributed by atoms with Gasteiger partial charge in [-0.05, 0) is 0 Å². The first-order valence-electron chi connectivity index (χ1n) is 1.73. The monoisotopic (exact) mass is 104 g/mol. The third kappa shape index (κ3) is 0.952. The molecule has 2 N–H and O–H groups in total. The first kappa shape index (κ1) is 4.69. The first-order valence-corrected chi connectivity index (χ1v) is 1.73. The van der Waals surface area contributed by atoms with Gasteiger partial charge in [-0.3, -0.25) is 0 Å².